The first-order chi connectivity index (χ1) is 7.65. The summed E-state index contributed by atoms with van der Waals surface area (Å²) in [6.45, 7) is -3.03. The molecule has 0 aliphatic heterocycles. The molecule has 18 heavy (non-hydrogen) atoms. The van der Waals surface area contributed by atoms with E-state index in [1.54, 1.807) is 0 Å². The molecule has 1 nitrogen and oxygen atoms in total. The first-order valence-corrected chi connectivity index (χ1v) is 3.68. The van der Waals surface area contributed by atoms with Crippen molar-refractivity contribution in [3.05, 3.63) is 6.43 Å². The van der Waals surface area contributed by atoms with Gasteiger partial charge in [0.2, 0.25) is 0 Å². The normalized spacial score (nSPS) is 15.3. The average Bonchev–Trinajstić information content (AvgIpc) is 2.12. The lowest BCUT2D eigenvalue weighted by Crippen LogP contribution is -2.54. The van der Waals surface area contributed by atoms with Gasteiger partial charge in [0.25, 0.3) is 0 Å². The lowest BCUT2D eigenvalue weighted by atomic mass is 10.3. The van der Waals surface area contributed by atoms with E-state index in [0.717, 1.165) is 0 Å². The SMILES string of the molecule is F[C](F)C(F)(F)COC(F)(F)C(F)(F)C(F)(F)F. The maximum absolute atomic E-state index is 12.2. The summed E-state index contributed by atoms with van der Waals surface area (Å²) in [7, 11) is 0. The first kappa shape index (κ1) is 17.2. The fourth-order valence-corrected chi connectivity index (χ4v) is 0.491. The molecule has 1 radical (unpaired) electrons. The van der Waals surface area contributed by atoms with Crippen molar-refractivity contribution >= 4 is 0 Å². The van der Waals surface area contributed by atoms with Crippen molar-refractivity contribution in [3.8, 4) is 0 Å². The summed E-state index contributed by atoms with van der Waals surface area (Å²) in [5.41, 5.74) is 0. The van der Waals surface area contributed by atoms with Crippen LogP contribution in [-0.4, -0.2) is 30.7 Å². The van der Waals surface area contributed by atoms with E-state index in [-0.39, 0.29) is 0 Å². The highest BCUT2D eigenvalue weighted by atomic mass is 19.4. The lowest BCUT2D eigenvalue weighted by Gasteiger charge is -2.28. The third-order valence-electron chi connectivity index (χ3n) is 1.43. The van der Waals surface area contributed by atoms with Crippen LogP contribution in [0.2, 0.25) is 0 Å². The molecule has 0 atom stereocenters. The van der Waals surface area contributed by atoms with Crippen molar-refractivity contribution in [2.24, 2.45) is 0 Å². The molecule has 0 saturated carbocycles. The molecule has 12 heteroatoms. The minimum absolute atomic E-state index is 2.29. The van der Waals surface area contributed by atoms with Gasteiger partial charge in [0.15, 0.2) is 0 Å². The van der Waals surface area contributed by atoms with E-state index in [1.165, 1.54) is 0 Å². The third kappa shape index (κ3) is 3.36. The molecule has 0 aromatic heterocycles. The van der Waals surface area contributed by atoms with Gasteiger partial charge < -0.3 is 4.74 Å². The highest BCUT2D eigenvalue weighted by Crippen LogP contribution is 2.47. The van der Waals surface area contributed by atoms with Crippen molar-refractivity contribution < 1.29 is 53.0 Å². The Hall–Kier alpha value is -0.810. The predicted octanol–water partition coefficient (Wildman–Crippen LogP) is 3.86. The number of alkyl halides is 9. The smallest absolute Gasteiger partial charge is 0.309 e. The van der Waals surface area contributed by atoms with E-state index >= 15 is 0 Å². The molecular formula is C6H2F11O. The Kier molecular flexibility index (Phi) is 4.49. The molecule has 0 rings (SSSR count). The standard InChI is InChI=1S/C6H2F11O/c7-2(8)3(9,10)1-18-6(16,17)4(11,12)5(13,14)15/h1H2. The molecule has 0 N–H and O–H groups in total. The van der Waals surface area contributed by atoms with Crippen molar-refractivity contribution in [3.63, 3.8) is 0 Å². The number of ether oxygens (including phenoxy) is 1. The second kappa shape index (κ2) is 4.70. The molecule has 0 bridgehead atoms. The van der Waals surface area contributed by atoms with Gasteiger partial charge in [-0.15, -0.1) is 0 Å². The molecule has 0 aliphatic rings. The molecule has 0 aromatic carbocycles. The molecule has 0 amide bonds. The zero-order valence-electron chi connectivity index (χ0n) is 7.77. The Morgan fingerprint density at radius 3 is 1.44 bits per heavy atom. The Labute approximate surface area is 91.5 Å². The van der Waals surface area contributed by atoms with Crippen molar-refractivity contribution in [2.45, 2.75) is 24.1 Å². The van der Waals surface area contributed by atoms with Gasteiger partial charge >= 0.3 is 30.6 Å². The third-order valence-corrected chi connectivity index (χ3v) is 1.43. The minimum Gasteiger partial charge on any atom is -0.309 e. The quantitative estimate of drug-likeness (QED) is 0.701. The Morgan fingerprint density at radius 2 is 1.17 bits per heavy atom. The molecule has 0 unspecified atom stereocenters. The van der Waals surface area contributed by atoms with Gasteiger partial charge in [0.05, 0.1) is 0 Å². The highest BCUT2D eigenvalue weighted by Gasteiger charge is 2.75. The summed E-state index contributed by atoms with van der Waals surface area (Å²) >= 11 is 0. The topological polar surface area (TPSA) is 9.23 Å². The van der Waals surface area contributed by atoms with Crippen LogP contribution in [0.5, 0.6) is 0 Å². The Balaban J connectivity index is 4.88. The highest BCUT2D eigenvalue weighted by molar-refractivity contribution is 4.88. The van der Waals surface area contributed by atoms with E-state index in [2.05, 4.69) is 4.74 Å². The Morgan fingerprint density at radius 1 is 0.778 bits per heavy atom. The van der Waals surface area contributed by atoms with E-state index < -0.39 is 37.2 Å². The second-order valence-electron chi connectivity index (χ2n) is 2.84. The fraction of sp³-hybridized carbons (Fsp3) is 0.833. The summed E-state index contributed by atoms with van der Waals surface area (Å²) in [5.74, 6) is -12.2. The van der Waals surface area contributed by atoms with Crippen LogP contribution in [0.3, 0.4) is 0 Å². The van der Waals surface area contributed by atoms with Gasteiger partial charge in [-0.05, 0) is 0 Å². The molecule has 0 saturated heterocycles. The zero-order valence-corrected chi connectivity index (χ0v) is 7.77. The molecule has 0 fully saturated rings. The van der Waals surface area contributed by atoms with E-state index in [0.29, 0.717) is 0 Å². The molecular weight excluding hydrogens is 297 g/mol. The van der Waals surface area contributed by atoms with Crippen LogP contribution in [0.25, 0.3) is 0 Å². The maximum atomic E-state index is 12.2. The molecule has 0 heterocycles. The van der Waals surface area contributed by atoms with Gasteiger partial charge in [-0.2, -0.15) is 48.3 Å². The minimum atomic E-state index is -6.80. The fourth-order valence-electron chi connectivity index (χ4n) is 0.491. The number of hydrogen-bond donors (Lipinski definition) is 0. The molecule has 0 aromatic rings. The predicted molar refractivity (Wildman–Crippen MR) is 32.3 cm³/mol. The zero-order chi connectivity index (χ0) is 15.0. The summed E-state index contributed by atoms with van der Waals surface area (Å²) in [6.07, 6.45) is -17.0. The van der Waals surface area contributed by atoms with Crippen molar-refractivity contribution in [2.75, 3.05) is 6.61 Å². The van der Waals surface area contributed by atoms with Crippen LogP contribution in [0.1, 0.15) is 0 Å². The van der Waals surface area contributed by atoms with Gasteiger partial charge in [-0.3, -0.25) is 0 Å². The van der Waals surface area contributed by atoms with Crippen LogP contribution in [0.15, 0.2) is 0 Å². The lowest BCUT2D eigenvalue weighted by molar-refractivity contribution is -0.429. The average molecular weight is 299 g/mol. The van der Waals surface area contributed by atoms with Crippen LogP contribution in [0.4, 0.5) is 48.3 Å². The maximum Gasteiger partial charge on any atom is 0.462 e. The van der Waals surface area contributed by atoms with Crippen molar-refractivity contribution in [1.29, 1.82) is 0 Å². The molecule has 109 valence electrons. The largest absolute Gasteiger partial charge is 0.462 e. The molecule has 0 aliphatic carbocycles. The van der Waals surface area contributed by atoms with E-state index in [4.69, 9.17) is 0 Å². The number of hydrogen-bond acceptors (Lipinski definition) is 1. The second-order valence-corrected chi connectivity index (χ2v) is 2.84. The van der Waals surface area contributed by atoms with Gasteiger partial charge in [0.1, 0.15) is 6.61 Å². The van der Waals surface area contributed by atoms with Gasteiger partial charge in [-0.1, -0.05) is 0 Å². The summed E-state index contributed by atoms with van der Waals surface area (Å²) < 4.78 is 132. The monoisotopic (exact) mass is 299 g/mol. The van der Waals surface area contributed by atoms with Crippen LogP contribution in [0, 0.1) is 6.43 Å². The Bertz CT molecular complexity index is 280. The van der Waals surface area contributed by atoms with Crippen molar-refractivity contribution in [1.82, 2.24) is 0 Å². The van der Waals surface area contributed by atoms with Crippen LogP contribution < -0.4 is 0 Å². The summed E-state index contributed by atoms with van der Waals surface area (Å²) in [5, 5.41) is 0. The number of rotatable bonds is 5. The van der Waals surface area contributed by atoms with Crippen LogP contribution >= 0.6 is 0 Å². The van der Waals surface area contributed by atoms with Gasteiger partial charge in [0, 0.05) is 0 Å². The summed E-state index contributed by atoms with van der Waals surface area (Å²) in [6, 6.07) is 0. The van der Waals surface area contributed by atoms with E-state index in [9.17, 15) is 48.3 Å². The molecule has 0 spiro atoms. The summed E-state index contributed by atoms with van der Waals surface area (Å²) in [4.78, 5) is 0. The van der Waals surface area contributed by atoms with E-state index in [1.807, 2.05) is 0 Å². The van der Waals surface area contributed by atoms with Crippen LogP contribution in [-0.2, 0) is 4.74 Å². The first-order valence-electron chi connectivity index (χ1n) is 3.68. The number of halogens is 11. The van der Waals surface area contributed by atoms with Gasteiger partial charge in [-0.25, -0.2) is 0 Å².